The molecule has 0 unspecified atom stereocenters. The summed E-state index contributed by atoms with van der Waals surface area (Å²) in [6, 6.07) is 7.73. The van der Waals surface area contributed by atoms with Gasteiger partial charge in [-0.3, -0.25) is 9.69 Å². The van der Waals surface area contributed by atoms with Crippen LogP contribution in [0.3, 0.4) is 0 Å². The van der Waals surface area contributed by atoms with E-state index >= 15 is 0 Å². The van der Waals surface area contributed by atoms with Gasteiger partial charge >= 0.3 is 0 Å². The first-order valence-electron chi connectivity index (χ1n) is 7.49. The van der Waals surface area contributed by atoms with Crippen LogP contribution in [0.2, 0.25) is 5.02 Å². The zero-order chi connectivity index (χ0) is 14.8. The van der Waals surface area contributed by atoms with Crippen LogP contribution in [0.1, 0.15) is 32.6 Å². The summed E-state index contributed by atoms with van der Waals surface area (Å²) in [4.78, 5) is 19.3. The Hall–Kier alpha value is -1.00. The molecule has 2 aliphatic rings. The van der Waals surface area contributed by atoms with Gasteiger partial charge < -0.3 is 0 Å². The highest BCUT2D eigenvalue weighted by Gasteiger charge is 2.39. The minimum atomic E-state index is 0.216. The molecular formula is C16H19ClN2OS. The number of aliphatic imine (C=N–C) groups is 1. The number of amidine groups is 1. The van der Waals surface area contributed by atoms with E-state index in [0.717, 1.165) is 35.9 Å². The Morgan fingerprint density at radius 3 is 2.67 bits per heavy atom. The molecule has 5 heteroatoms. The molecule has 1 aromatic rings. The topological polar surface area (TPSA) is 32.7 Å². The molecule has 1 aromatic carbocycles. The van der Waals surface area contributed by atoms with Crippen LogP contribution in [0, 0.1) is 5.92 Å². The summed E-state index contributed by atoms with van der Waals surface area (Å²) < 4.78 is 0. The van der Waals surface area contributed by atoms with Gasteiger partial charge in [0.1, 0.15) is 0 Å². The lowest BCUT2D eigenvalue weighted by Gasteiger charge is -2.31. The van der Waals surface area contributed by atoms with Gasteiger partial charge in [0.05, 0.1) is 5.69 Å². The number of carbonyl (C=O) groups excluding carboxylic acids is 1. The maximum atomic E-state index is 12.7. The molecule has 21 heavy (non-hydrogen) atoms. The first-order valence-corrected chi connectivity index (χ1v) is 8.85. The molecule has 0 bridgehead atoms. The number of halogens is 1. The molecule has 1 aliphatic heterocycles. The van der Waals surface area contributed by atoms with Crippen LogP contribution in [0.5, 0.6) is 0 Å². The van der Waals surface area contributed by atoms with Crippen molar-refractivity contribution < 1.29 is 4.79 Å². The highest BCUT2D eigenvalue weighted by molar-refractivity contribution is 8.14. The highest BCUT2D eigenvalue weighted by atomic mass is 35.5. The molecule has 3 rings (SSSR count). The van der Waals surface area contributed by atoms with Crippen LogP contribution in [0.25, 0.3) is 0 Å². The predicted molar refractivity (Wildman–Crippen MR) is 89.3 cm³/mol. The summed E-state index contributed by atoms with van der Waals surface area (Å²) in [7, 11) is 0. The number of benzene rings is 1. The summed E-state index contributed by atoms with van der Waals surface area (Å²) in [5.74, 6) is 1.43. The summed E-state index contributed by atoms with van der Waals surface area (Å²) >= 11 is 7.59. The quantitative estimate of drug-likeness (QED) is 0.821. The monoisotopic (exact) mass is 322 g/mol. The van der Waals surface area contributed by atoms with E-state index in [1.807, 2.05) is 29.2 Å². The third-order valence-corrected chi connectivity index (χ3v) is 5.54. The molecule has 0 N–H and O–H groups in total. The Balaban J connectivity index is 1.85. The number of amides is 1. The molecule has 1 heterocycles. The fraction of sp³-hybridized carbons (Fsp3) is 0.500. The third kappa shape index (κ3) is 3.11. The van der Waals surface area contributed by atoms with Gasteiger partial charge in [0.25, 0.3) is 0 Å². The molecule has 1 atom stereocenters. The molecule has 1 saturated heterocycles. The summed E-state index contributed by atoms with van der Waals surface area (Å²) in [6.45, 7) is 2.14. The van der Waals surface area contributed by atoms with Crippen LogP contribution in [-0.4, -0.2) is 27.8 Å². The summed E-state index contributed by atoms with van der Waals surface area (Å²) in [5, 5.41) is 1.55. The molecule has 0 spiro atoms. The van der Waals surface area contributed by atoms with Crippen molar-refractivity contribution in [2.45, 2.75) is 38.6 Å². The average Bonchev–Trinajstić information content (AvgIpc) is 2.82. The van der Waals surface area contributed by atoms with E-state index in [2.05, 4.69) is 11.9 Å². The van der Waals surface area contributed by atoms with Crippen LogP contribution < -0.4 is 0 Å². The van der Waals surface area contributed by atoms with Gasteiger partial charge in [-0.2, -0.15) is 0 Å². The molecule has 1 aliphatic carbocycles. The summed E-state index contributed by atoms with van der Waals surface area (Å²) in [6.07, 6.45) is 4.22. The van der Waals surface area contributed by atoms with Crippen molar-refractivity contribution in [3.63, 3.8) is 0 Å². The molecule has 0 radical (unpaired) electrons. The second-order valence-electron chi connectivity index (χ2n) is 5.58. The van der Waals surface area contributed by atoms with Crippen molar-refractivity contribution in [1.82, 2.24) is 4.90 Å². The lowest BCUT2D eigenvalue weighted by atomic mass is 9.84. The van der Waals surface area contributed by atoms with Crippen molar-refractivity contribution >= 4 is 40.1 Å². The average molecular weight is 323 g/mol. The molecule has 3 nitrogen and oxygen atoms in total. The minimum Gasteiger partial charge on any atom is -0.287 e. The second kappa shape index (κ2) is 6.41. The number of nitrogens with zero attached hydrogens (tertiary/aromatic N) is 2. The summed E-state index contributed by atoms with van der Waals surface area (Å²) in [5.41, 5.74) is 0.852. The maximum Gasteiger partial charge on any atom is 0.231 e. The Bertz CT molecular complexity index is 554. The highest BCUT2D eigenvalue weighted by Crippen LogP contribution is 2.35. The molecular weight excluding hydrogens is 304 g/mol. The number of hydrogen-bond donors (Lipinski definition) is 0. The fourth-order valence-corrected chi connectivity index (χ4v) is 4.01. The minimum absolute atomic E-state index is 0.216. The van der Waals surface area contributed by atoms with E-state index in [9.17, 15) is 4.79 Å². The number of thioether (sulfide) groups is 1. The zero-order valence-electron chi connectivity index (χ0n) is 12.1. The lowest BCUT2D eigenvalue weighted by Crippen LogP contribution is -2.44. The lowest BCUT2D eigenvalue weighted by molar-refractivity contribution is -0.135. The Labute approximate surface area is 134 Å². The van der Waals surface area contributed by atoms with Crippen molar-refractivity contribution in [3.8, 4) is 0 Å². The van der Waals surface area contributed by atoms with Crippen LogP contribution in [-0.2, 0) is 4.79 Å². The molecule has 1 saturated carbocycles. The van der Waals surface area contributed by atoms with E-state index in [-0.39, 0.29) is 17.9 Å². The van der Waals surface area contributed by atoms with Gasteiger partial charge in [0, 0.05) is 22.7 Å². The van der Waals surface area contributed by atoms with Gasteiger partial charge in [-0.1, -0.05) is 36.7 Å². The maximum absolute atomic E-state index is 12.7. The third-order valence-electron chi connectivity index (χ3n) is 4.19. The first-order chi connectivity index (χ1) is 10.2. The van der Waals surface area contributed by atoms with Crippen LogP contribution in [0.15, 0.2) is 29.3 Å². The predicted octanol–water partition coefficient (Wildman–Crippen LogP) is 4.48. The Morgan fingerprint density at radius 1 is 1.38 bits per heavy atom. The van der Waals surface area contributed by atoms with Gasteiger partial charge in [-0.15, -0.1) is 0 Å². The standard InChI is InChI=1S/C16H19ClN2OS/c1-2-14-10-21-16(18-13-8-6-12(17)7-9-13)19(14)15(20)11-4-3-5-11/h6-9,11,14H,2-5,10H2,1H3/t14-/m1/s1. The molecule has 1 amide bonds. The molecule has 0 aromatic heterocycles. The van der Waals surface area contributed by atoms with E-state index in [1.165, 1.54) is 6.42 Å². The van der Waals surface area contributed by atoms with E-state index in [0.29, 0.717) is 5.02 Å². The Morgan fingerprint density at radius 2 is 2.10 bits per heavy atom. The number of carbonyl (C=O) groups is 1. The van der Waals surface area contributed by atoms with E-state index in [4.69, 9.17) is 11.6 Å². The van der Waals surface area contributed by atoms with Crippen molar-refractivity contribution in [1.29, 1.82) is 0 Å². The smallest absolute Gasteiger partial charge is 0.231 e. The van der Waals surface area contributed by atoms with Gasteiger partial charge in [0.15, 0.2) is 5.17 Å². The van der Waals surface area contributed by atoms with Gasteiger partial charge in [-0.05, 0) is 43.5 Å². The number of hydrogen-bond acceptors (Lipinski definition) is 3. The van der Waals surface area contributed by atoms with Crippen LogP contribution in [0.4, 0.5) is 5.69 Å². The second-order valence-corrected chi connectivity index (χ2v) is 7.00. The molecule has 112 valence electrons. The number of rotatable bonds is 3. The normalized spacial score (nSPS) is 24.4. The van der Waals surface area contributed by atoms with Gasteiger partial charge in [-0.25, -0.2) is 4.99 Å². The van der Waals surface area contributed by atoms with Crippen molar-refractivity contribution in [2.75, 3.05) is 5.75 Å². The van der Waals surface area contributed by atoms with Crippen molar-refractivity contribution in [2.24, 2.45) is 10.9 Å². The largest absolute Gasteiger partial charge is 0.287 e. The zero-order valence-corrected chi connectivity index (χ0v) is 13.7. The van der Waals surface area contributed by atoms with E-state index < -0.39 is 0 Å². The van der Waals surface area contributed by atoms with Gasteiger partial charge in [0.2, 0.25) is 5.91 Å². The molecule has 2 fully saturated rings. The van der Waals surface area contributed by atoms with E-state index in [1.54, 1.807) is 11.8 Å². The SMILES string of the molecule is CC[C@@H]1CSC(=Nc2ccc(Cl)cc2)N1C(=O)C1CCC1. The fourth-order valence-electron chi connectivity index (χ4n) is 2.61. The Kier molecular flexibility index (Phi) is 4.55. The first kappa shape index (κ1) is 14.9. The van der Waals surface area contributed by atoms with Crippen molar-refractivity contribution in [3.05, 3.63) is 29.3 Å². The van der Waals surface area contributed by atoms with Crippen LogP contribution >= 0.6 is 23.4 Å².